The highest BCUT2D eigenvalue weighted by Gasteiger charge is 2.08. The zero-order chi connectivity index (χ0) is 11.2. The fourth-order valence-electron chi connectivity index (χ4n) is 1.52. The first kappa shape index (κ1) is 11.2. The van der Waals surface area contributed by atoms with E-state index >= 15 is 0 Å². The van der Waals surface area contributed by atoms with Crippen LogP contribution in [0.1, 0.15) is 25.7 Å². The standard InChI is InChI=1S/C10H15N5S/c1-2-7-16-10-11-9(14-15-10)13-12-8-5-3-4-6-8/h2H,1,3-7H2,(H2,11,13,14,15). The summed E-state index contributed by atoms with van der Waals surface area (Å²) in [6.45, 7) is 3.65. The Kier molecular flexibility index (Phi) is 3.98. The number of nitrogens with one attached hydrogen (secondary N) is 2. The van der Waals surface area contributed by atoms with Gasteiger partial charge in [-0.2, -0.15) is 10.1 Å². The first-order valence-electron chi connectivity index (χ1n) is 5.36. The van der Waals surface area contributed by atoms with Gasteiger partial charge in [0.1, 0.15) is 0 Å². The second kappa shape index (κ2) is 5.69. The fourth-order valence-corrected chi connectivity index (χ4v) is 2.05. The van der Waals surface area contributed by atoms with E-state index in [-0.39, 0.29) is 0 Å². The maximum Gasteiger partial charge on any atom is 0.240 e. The third-order valence-corrected chi connectivity index (χ3v) is 3.14. The van der Waals surface area contributed by atoms with Crippen LogP contribution in [0.5, 0.6) is 0 Å². The largest absolute Gasteiger partial charge is 0.246 e. The van der Waals surface area contributed by atoms with Crippen LogP contribution in [-0.4, -0.2) is 26.6 Å². The molecule has 1 saturated carbocycles. The molecule has 1 aliphatic carbocycles. The van der Waals surface area contributed by atoms with Crippen LogP contribution in [0.3, 0.4) is 0 Å². The lowest BCUT2D eigenvalue weighted by molar-refractivity contribution is 0.886. The molecule has 0 atom stereocenters. The number of hydrazone groups is 1. The molecule has 0 bridgehead atoms. The van der Waals surface area contributed by atoms with Crippen LogP contribution in [0.4, 0.5) is 5.95 Å². The van der Waals surface area contributed by atoms with Crippen molar-refractivity contribution in [1.82, 2.24) is 15.2 Å². The van der Waals surface area contributed by atoms with Gasteiger partial charge in [0, 0.05) is 11.5 Å². The summed E-state index contributed by atoms with van der Waals surface area (Å²) in [5, 5.41) is 11.9. The number of nitrogens with zero attached hydrogens (tertiary/aromatic N) is 3. The van der Waals surface area contributed by atoms with Gasteiger partial charge in [-0.05, 0) is 25.7 Å². The first-order chi connectivity index (χ1) is 7.88. The molecule has 5 nitrogen and oxygen atoms in total. The van der Waals surface area contributed by atoms with Crippen LogP contribution in [0.2, 0.25) is 0 Å². The van der Waals surface area contributed by atoms with Crippen molar-refractivity contribution in [2.75, 3.05) is 11.2 Å². The molecule has 1 aromatic rings. The minimum absolute atomic E-state index is 0.603. The zero-order valence-electron chi connectivity index (χ0n) is 9.07. The number of rotatable bonds is 5. The van der Waals surface area contributed by atoms with Crippen molar-refractivity contribution in [2.45, 2.75) is 30.8 Å². The predicted molar refractivity (Wildman–Crippen MR) is 66.8 cm³/mol. The molecule has 86 valence electrons. The molecule has 6 heteroatoms. The van der Waals surface area contributed by atoms with E-state index in [1.807, 2.05) is 6.08 Å². The summed E-state index contributed by atoms with van der Waals surface area (Å²) in [6, 6.07) is 0. The third-order valence-electron chi connectivity index (χ3n) is 2.30. The van der Waals surface area contributed by atoms with Gasteiger partial charge in [0.2, 0.25) is 11.1 Å². The summed E-state index contributed by atoms with van der Waals surface area (Å²) in [5.74, 6) is 1.41. The first-order valence-corrected chi connectivity index (χ1v) is 6.34. The van der Waals surface area contributed by atoms with Crippen molar-refractivity contribution in [3.63, 3.8) is 0 Å². The Bertz CT molecular complexity index is 376. The van der Waals surface area contributed by atoms with Gasteiger partial charge < -0.3 is 0 Å². The van der Waals surface area contributed by atoms with E-state index in [0.717, 1.165) is 18.6 Å². The molecular formula is C10H15N5S. The second-order valence-electron chi connectivity index (χ2n) is 3.56. The number of hydrogen-bond donors (Lipinski definition) is 2. The normalized spacial score (nSPS) is 15.1. The van der Waals surface area contributed by atoms with Crippen molar-refractivity contribution < 1.29 is 0 Å². The summed E-state index contributed by atoms with van der Waals surface area (Å²) in [7, 11) is 0. The molecule has 16 heavy (non-hydrogen) atoms. The topological polar surface area (TPSA) is 66.0 Å². The Hall–Kier alpha value is -1.30. The Morgan fingerprint density at radius 2 is 2.31 bits per heavy atom. The van der Waals surface area contributed by atoms with Crippen molar-refractivity contribution >= 4 is 23.4 Å². The molecule has 1 aliphatic rings. The van der Waals surface area contributed by atoms with Crippen LogP contribution in [0, 0.1) is 0 Å². The van der Waals surface area contributed by atoms with Gasteiger partial charge in [-0.15, -0.1) is 11.7 Å². The SMILES string of the molecule is C=CCSc1n[nH]c(NN=C2CCCC2)n1. The van der Waals surface area contributed by atoms with E-state index in [1.165, 1.54) is 30.3 Å². The molecule has 0 aromatic carbocycles. The molecule has 0 spiro atoms. The molecule has 0 amide bonds. The highest BCUT2D eigenvalue weighted by molar-refractivity contribution is 7.99. The summed E-state index contributed by atoms with van der Waals surface area (Å²) in [4.78, 5) is 4.24. The predicted octanol–water partition coefficient (Wildman–Crippen LogP) is 2.42. The average Bonchev–Trinajstić information content (AvgIpc) is 2.95. The van der Waals surface area contributed by atoms with Crippen LogP contribution < -0.4 is 5.43 Å². The van der Waals surface area contributed by atoms with E-state index < -0.39 is 0 Å². The van der Waals surface area contributed by atoms with E-state index in [1.54, 1.807) is 0 Å². The minimum Gasteiger partial charge on any atom is -0.246 e. The molecule has 0 aliphatic heterocycles. The van der Waals surface area contributed by atoms with Gasteiger partial charge in [-0.25, -0.2) is 10.5 Å². The average molecular weight is 237 g/mol. The van der Waals surface area contributed by atoms with Gasteiger partial charge in [-0.3, -0.25) is 0 Å². The quantitative estimate of drug-likeness (QED) is 0.469. The lowest BCUT2D eigenvalue weighted by Gasteiger charge is -1.95. The highest BCUT2D eigenvalue weighted by atomic mass is 32.2. The molecule has 0 radical (unpaired) electrons. The zero-order valence-corrected chi connectivity index (χ0v) is 9.89. The number of aromatic amines is 1. The van der Waals surface area contributed by atoms with Crippen molar-refractivity contribution in [1.29, 1.82) is 0 Å². The van der Waals surface area contributed by atoms with Crippen molar-refractivity contribution in [3.8, 4) is 0 Å². The molecule has 0 unspecified atom stereocenters. The van der Waals surface area contributed by atoms with Crippen LogP contribution in [0.15, 0.2) is 22.9 Å². The maximum atomic E-state index is 4.29. The maximum absolute atomic E-state index is 4.29. The van der Waals surface area contributed by atoms with Gasteiger partial charge in [0.15, 0.2) is 0 Å². The second-order valence-corrected chi connectivity index (χ2v) is 4.55. The summed E-state index contributed by atoms with van der Waals surface area (Å²) >= 11 is 1.54. The fraction of sp³-hybridized carbons (Fsp3) is 0.500. The van der Waals surface area contributed by atoms with Gasteiger partial charge in [0.25, 0.3) is 0 Å². The molecule has 2 rings (SSSR count). The summed E-state index contributed by atoms with van der Waals surface area (Å²) < 4.78 is 0. The molecule has 0 saturated heterocycles. The molecule has 1 heterocycles. The van der Waals surface area contributed by atoms with Crippen LogP contribution in [-0.2, 0) is 0 Å². The van der Waals surface area contributed by atoms with E-state index in [4.69, 9.17) is 0 Å². The Morgan fingerprint density at radius 3 is 3.06 bits per heavy atom. The van der Waals surface area contributed by atoms with Crippen molar-refractivity contribution in [2.24, 2.45) is 5.10 Å². The van der Waals surface area contributed by atoms with E-state index in [9.17, 15) is 0 Å². The van der Waals surface area contributed by atoms with Gasteiger partial charge in [0.05, 0.1) is 0 Å². The smallest absolute Gasteiger partial charge is 0.240 e. The Morgan fingerprint density at radius 1 is 1.50 bits per heavy atom. The van der Waals surface area contributed by atoms with E-state index in [2.05, 4.69) is 32.3 Å². The van der Waals surface area contributed by atoms with Gasteiger partial charge >= 0.3 is 0 Å². The highest BCUT2D eigenvalue weighted by Crippen LogP contribution is 2.16. The number of anilines is 1. The lowest BCUT2D eigenvalue weighted by atomic mass is 10.3. The lowest BCUT2D eigenvalue weighted by Crippen LogP contribution is -1.97. The molecule has 2 N–H and O–H groups in total. The van der Waals surface area contributed by atoms with Crippen LogP contribution >= 0.6 is 11.8 Å². The molecule has 1 fully saturated rings. The van der Waals surface area contributed by atoms with Gasteiger partial charge in [-0.1, -0.05) is 17.8 Å². The molecule has 1 aromatic heterocycles. The van der Waals surface area contributed by atoms with Crippen molar-refractivity contribution in [3.05, 3.63) is 12.7 Å². The number of aromatic nitrogens is 3. The summed E-state index contributed by atoms with van der Waals surface area (Å²) in [6.07, 6.45) is 6.51. The third kappa shape index (κ3) is 3.10. The summed E-state index contributed by atoms with van der Waals surface area (Å²) in [5.41, 5.74) is 4.12. The van der Waals surface area contributed by atoms with Crippen LogP contribution in [0.25, 0.3) is 0 Å². The monoisotopic (exact) mass is 237 g/mol. The Balaban J connectivity index is 1.86. The number of thioether (sulfide) groups is 1. The Labute approximate surface area is 98.8 Å². The minimum atomic E-state index is 0.603. The molecular weight excluding hydrogens is 222 g/mol. The van der Waals surface area contributed by atoms with E-state index in [0.29, 0.717) is 11.1 Å². The number of hydrogen-bond acceptors (Lipinski definition) is 5. The number of H-pyrrole nitrogens is 1.